The van der Waals surface area contributed by atoms with Crippen LogP contribution in [0.4, 0.5) is 4.79 Å². The number of benzene rings is 1. The minimum absolute atomic E-state index is 0.179. The van der Waals surface area contributed by atoms with E-state index in [9.17, 15) is 32.5 Å². The van der Waals surface area contributed by atoms with Gasteiger partial charge in [0.2, 0.25) is 17.3 Å². The molecule has 3 atom stereocenters. The van der Waals surface area contributed by atoms with Gasteiger partial charge in [-0.1, -0.05) is 55.8 Å². The first-order valence-electron chi connectivity index (χ1n) is 13.5. The number of carbonyl (C=O) groups is 3. The Labute approximate surface area is 234 Å². The number of aliphatic hydroxyl groups excluding tert-OH is 1. The normalized spacial score (nSPS) is 25.3. The zero-order valence-corrected chi connectivity index (χ0v) is 23.4. The summed E-state index contributed by atoms with van der Waals surface area (Å²) in [6.07, 6.45) is 4.47. The molecule has 11 nitrogen and oxygen atoms in total. The molecule has 5 N–H and O–H groups in total. The van der Waals surface area contributed by atoms with Gasteiger partial charge in [-0.15, -0.1) is 0 Å². The average Bonchev–Trinajstić information content (AvgIpc) is 2.88. The number of rotatable bonds is 3. The average molecular weight is 588 g/mol. The van der Waals surface area contributed by atoms with Crippen LogP contribution in [-0.4, -0.2) is 59.5 Å². The van der Waals surface area contributed by atoms with Gasteiger partial charge in [-0.2, -0.15) is 8.42 Å². The van der Waals surface area contributed by atoms with E-state index in [1.54, 1.807) is 18.2 Å². The highest BCUT2D eigenvalue weighted by atomic mass is 35.5. The molecule has 2 fully saturated rings. The number of cyclic esters (lactones) is 1. The molecule has 1 saturated carbocycles. The number of ether oxygens (including phenoxy) is 1. The summed E-state index contributed by atoms with van der Waals surface area (Å²) < 4.78 is 38.7. The Morgan fingerprint density at radius 1 is 1.00 bits per heavy atom. The van der Waals surface area contributed by atoms with E-state index in [0.29, 0.717) is 37.3 Å². The van der Waals surface area contributed by atoms with Crippen LogP contribution in [0.1, 0.15) is 88.7 Å². The van der Waals surface area contributed by atoms with Crippen molar-refractivity contribution < 1.29 is 37.2 Å². The van der Waals surface area contributed by atoms with Crippen molar-refractivity contribution in [1.82, 2.24) is 16.0 Å². The molecule has 2 unspecified atom stereocenters. The topological polar surface area (TPSA) is 171 Å². The number of alkyl carbamates (subject to hydrolysis) is 1. The Balaban J connectivity index is 1.88. The van der Waals surface area contributed by atoms with Crippen molar-refractivity contribution in [2.75, 3.05) is 6.54 Å². The minimum Gasteiger partial charge on any atom is -0.441 e. The Kier molecular flexibility index (Phi) is 11.4. The highest BCUT2D eigenvalue weighted by molar-refractivity contribution is 7.86. The van der Waals surface area contributed by atoms with Crippen molar-refractivity contribution in [2.45, 2.75) is 100 Å². The standard InChI is InChI=1S/C26H38ClN3O8S/c27-19-10-8-9-18(17-19)21-11-4-1-2-7-16-28-22(31)13-12-20(23(32)39(35,36)37)29-24(33)26(30-25(34)38-21)14-5-3-6-15-26/h8-10,17,20-21,23,32H,1-7,11-16H2,(H,28,31)(H,29,33)(H,30,34)(H,35,36,37)/t20-,21?,23?/m0/s1. The summed E-state index contributed by atoms with van der Waals surface area (Å²) in [5.41, 5.74) is -3.04. The second kappa shape index (κ2) is 14.3. The minimum atomic E-state index is -4.95. The third-order valence-corrected chi connectivity index (χ3v) is 8.49. The van der Waals surface area contributed by atoms with E-state index in [1.165, 1.54) is 0 Å². The molecule has 2 aliphatic rings. The van der Waals surface area contributed by atoms with Crippen LogP contribution in [0.15, 0.2) is 24.3 Å². The lowest BCUT2D eigenvalue weighted by molar-refractivity contribution is -0.130. The van der Waals surface area contributed by atoms with Gasteiger partial charge in [0.15, 0.2) is 0 Å². The van der Waals surface area contributed by atoms with Crippen molar-refractivity contribution >= 4 is 39.6 Å². The molecule has 1 aliphatic heterocycles. The highest BCUT2D eigenvalue weighted by Crippen LogP contribution is 2.31. The van der Waals surface area contributed by atoms with E-state index in [2.05, 4.69) is 16.0 Å². The molecule has 1 aromatic carbocycles. The zero-order valence-electron chi connectivity index (χ0n) is 21.9. The van der Waals surface area contributed by atoms with E-state index < -0.39 is 45.2 Å². The summed E-state index contributed by atoms with van der Waals surface area (Å²) in [4.78, 5) is 39.1. The number of aliphatic hydroxyl groups is 1. The second-order valence-electron chi connectivity index (χ2n) is 10.3. The van der Waals surface area contributed by atoms with Gasteiger partial charge in [-0.25, -0.2) is 4.79 Å². The van der Waals surface area contributed by atoms with Crippen molar-refractivity contribution in [1.29, 1.82) is 0 Å². The van der Waals surface area contributed by atoms with Gasteiger partial charge in [0.05, 0.1) is 6.04 Å². The number of hydrogen-bond donors (Lipinski definition) is 5. The molecule has 1 aromatic rings. The van der Waals surface area contributed by atoms with Gasteiger partial charge in [-0.05, 0) is 56.2 Å². The molecule has 3 amide bonds. The smallest absolute Gasteiger partial charge is 0.408 e. The predicted molar refractivity (Wildman–Crippen MR) is 144 cm³/mol. The summed E-state index contributed by atoms with van der Waals surface area (Å²) in [6, 6.07) is 5.55. The Bertz CT molecular complexity index is 1110. The molecule has 0 aromatic heterocycles. The fraction of sp³-hybridized carbons (Fsp3) is 0.654. The third-order valence-electron chi connectivity index (χ3n) is 7.32. The summed E-state index contributed by atoms with van der Waals surface area (Å²) in [5, 5.41) is 18.8. The Hall–Kier alpha value is -2.41. The van der Waals surface area contributed by atoms with Crippen molar-refractivity contribution in [3.63, 3.8) is 0 Å². The second-order valence-corrected chi connectivity index (χ2v) is 12.2. The quantitative estimate of drug-likeness (QED) is 0.335. The maximum absolute atomic E-state index is 13.6. The molecule has 3 rings (SSSR count). The van der Waals surface area contributed by atoms with Crippen LogP contribution < -0.4 is 16.0 Å². The van der Waals surface area contributed by atoms with Gasteiger partial charge in [0.25, 0.3) is 10.1 Å². The van der Waals surface area contributed by atoms with Crippen LogP contribution in [-0.2, 0) is 24.4 Å². The fourth-order valence-electron chi connectivity index (χ4n) is 5.13. The fourth-order valence-corrected chi connectivity index (χ4v) is 5.95. The Morgan fingerprint density at radius 3 is 2.38 bits per heavy atom. The number of nitrogens with one attached hydrogen (secondary N) is 3. The first-order valence-corrected chi connectivity index (χ1v) is 15.3. The molecule has 0 bridgehead atoms. The SMILES string of the molecule is O=C1CC[C@@H](C(O)S(=O)(=O)O)NC(=O)C2(CCCCC2)NC(=O)OC(c2cccc(Cl)c2)CCCCCCN1. The molecule has 1 aliphatic carbocycles. The largest absolute Gasteiger partial charge is 0.441 e. The van der Waals surface area contributed by atoms with E-state index in [0.717, 1.165) is 31.2 Å². The molecule has 1 saturated heterocycles. The van der Waals surface area contributed by atoms with E-state index >= 15 is 0 Å². The molecular formula is C26H38ClN3O8S. The first kappa shape index (κ1) is 31.1. The summed E-state index contributed by atoms with van der Waals surface area (Å²) in [6.45, 7) is 0.413. The molecule has 218 valence electrons. The van der Waals surface area contributed by atoms with Gasteiger partial charge < -0.3 is 25.8 Å². The summed E-state index contributed by atoms with van der Waals surface area (Å²) in [5.74, 6) is -1.08. The van der Waals surface area contributed by atoms with Crippen LogP contribution in [0.25, 0.3) is 0 Å². The lowest BCUT2D eigenvalue weighted by Crippen LogP contribution is -2.62. The molecule has 13 heteroatoms. The maximum atomic E-state index is 13.6. The van der Waals surface area contributed by atoms with Crippen LogP contribution in [0.5, 0.6) is 0 Å². The number of hydrogen-bond acceptors (Lipinski definition) is 7. The van der Waals surface area contributed by atoms with E-state index in [-0.39, 0.29) is 31.6 Å². The lowest BCUT2D eigenvalue weighted by Gasteiger charge is -2.38. The number of carbonyl (C=O) groups excluding carboxylic acids is 3. The third kappa shape index (κ3) is 9.33. The zero-order chi connectivity index (χ0) is 28.5. The molecule has 39 heavy (non-hydrogen) atoms. The van der Waals surface area contributed by atoms with Crippen molar-refractivity contribution in [3.8, 4) is 0 Å². The lowest BCUT2D eigenvalue weighted by atomic mass is 9.80. The van der Waals surface area contributed by atoms with Crippen molar-refractivity contribution in [3.05, 3.63) is 34.9 Å². The maximum Gasteiger partial charge on any atom is 0.408 e. The Morgan fingerprint density at radius 2 is 1.69 bits per heavy atom. The van der Waals surface area contributed by atoms with E-state index in [4.69, 9.17) is 16.3 Å². The summed E-state index contributed by atoms with van der Waals surface area (Å²) in [7, 11) is -4.95. The van der Waals surface area contributed by atoms with Crippen LogP contribution in [0, 0.1) is 0 Å². The number of amides is 3. The molecule has 0 radical (unpaired) electrons. The van der Waals surface area contributed by atoms with E-state index in [1.807, 2.05) is 6.07 Å². The van der Waals surface area contributed by atoms with Crippen molar-refractivity contribution in [2.24, 2.45) is 0 Å². The monoisotopic (exact) mass is 587 g/mol. The van der Waals surface area contributed by atoms with Crippen LogP contribution in [0.3, 0.4) is 0 Å². The van der Waals surface area contributed by atoms with Gasteiger partial charge in [0.1, 0.15) is 11.6 Å². The summed E-state index contributed by atoms with van der Waals surface area (Å²) >= 11 is 6.18. The molecular weight excluding hydrogens is 550 g/mol. The first-order chi connectivity index (χ1) is 18.5. The van der Waals surface area contributed by atoms with Gasteiger partial charge >= 0.3 is 6.09 Å². The van der Waals surface area contributed by atoms with Gasteiger partial charge in [-0.3, -0.25) is 14.1 Å². The molecule has 1 spiro atoms. The highest BCUT2D eigenvalue weighted by Gasteiger charge is 2.44. The van der Waals surface area contributed by atoms with Gasteiger partial charge in [0, 0.05) is 18.0 Å². The predicted octanol–water partition coefficient (Wildman–Crippen LogP) is 3.36. The molecule has 1 heterocycles. The number of halogens is 1. The van der Waals surface area contributed by atoms with Crippen LogP contribution in [0.2, 0.25) is 5.02 Å². The van der Waals surface area contributed by atoms with Crippen LogP contribution >= 0.6 is 11.6 Å².